The number of amides is 2. The number of nitrogens with two attached hydrogens (primary N) is 1. The van der Waals surface area contributed by atoms with Gasteiger partial charge in [0.25, 0.3) is 11.8 Å². The Bertz CT molecular complexity index is 2400. The van der Waals surface area contributed by atoms with Gasteiger partial charge < -0.3 is 30.1 Å². The summed E-state index contributed by atoms with van der Waals surface area (Å²) in [5.74, 6) is -1.96. The predicted molar refractivity (Wildman–Crippen MR) is 234 cm³/mol. The first-order valence-corrected chi connectivity index (χ1v) is 21.9. The summed E-state index contributed by atoms with van der Waals surface area (Å²) in [6.45, 7) is 1.39. The van der Waals surface area contributed by atoms with E-state index >= 15 is 0 Å². The molecule has 1 saturated heterocycles. The van der Waals surface area contributed by atoms with Crippen molar-refractivity contribution in [2.75, 3.05) is 11.5 Å². The van der Waals surface area contributed by atoms with Crippen molar-refractivity contribution in [3.63, 3.8) is 0 Å². The number of benzene rings is 3. The topological polar surface area (TPSA) is 185 Å². The molecule has 0 bridgehead atoms. The molecular formula is C46H42N6O8S2. The zero-order chi connectivity index (χ0) is 43.1. The Balaban J connectivity index is 1.08. The lowest BCUT2D eigenvalue weighted by Gasteiger charge is -2.49. The molecule has 3 atom stereocenters. The number of nitrogens with one attached hydrogen (secondary N) is 1. The van der Waals surface area contributed by atoms with Crippen LogP contribution in [0.25, 0.3) is 6.08 Å². The van der Waals surface area contributed by atoms with Crippen LogP contribution in [-0.2, 0) is 39.0 Å². The maximum Gasteiger partial charge on any atom is 0.511 e. The van der Waals surface area contributed by atoms with E-state index in [0.29, 0.717) is 5.57 Å². The standard InChI is InChI=1S/C46H42N6O8S2/c1-29(58-45(56)59-35-21-11-12-22-35)57-43(55)39-31(24-23-30-14-13-25-48-26-30)27-61-42-38(41(54)52(39)42)50-40(53)37(36-28-62-44(47)49-36)51-60-46(32-15-5-2-6-16-32,33-17-7-3-8-18-33)34-19-9-4-10-20-34/h2-10,13-20,23-26,28-29,35,38,42H,11-12,21-22,27H2,1H3,(H2,47,49)(H,50,53)/b24-23-,51-37?/t29?,38-,42-/m1/s1. The normalized spacial score (nSPS) is 18.4. The van der Waals surface area contributed by atoms with E-state index in [1.165, 1.54) is 23.6 Å². The van der Waals surface area contributed by atoms with Gasteiger partial charge in [0.2, 0.25) is 11.9 Å². The van der Waals surface area contributed by atoms with Crippen LogP contribution in [-0.4, -0.2) is 74.1 Å². The van der Waals surface area contributed by atoms with Gasteiger partial charge in [0.1, 0.15) is 28.9 Å². The third kappa shape index (κ3) is 8.97. The maximum atomic E-state index is 14.5. The molecule has 62 heavy (non-hydrogen) atoms. The Morgan fingerprint density at radius 2 is 1.55 bits per heavy atom. The van der Waals surface area contributed by atoms with Crippen molar-refractivity contribution >= 4 is 64.0 Å². The van der Waals surface area contributed by atoms with Crippen LogP contribution in [0.5, 0.6) is 0 Å². The largest absolute Gasteiger partial charge is 0.511 e. The van der Waals surface area contributed by atoms with Crippen LogP contribution in [0.1, 0.15) is 60.6 Å². The third-order valence-corrected chi connectivity index (χ3v) is 12.5. The zero-order valence-corrected chi connectivity index (χ0v) is 35.1. The van der Waals surface area contributed by atoms with Crippen LogP contribution in [0.3, 0.4) is 0 Å². The molecule has 1 aliphatic carbocycles. The van der Waals surface area contributed by atoms with E-state index in [9.17, 15) is 19.2 Å². The van der Waals surface area contributed by atoms with E-state index in [1.54, 1.807) is 36.0 Å². The number of esters is 1. The van der Waals surface area contributed by atoms with Crippen molar-refractivity contribution in [2.24, 2.45) is 5.16 Å². The van der Waals surface area contributed by atoms with E-state index in [2.05, 4.69) is 20.4 Å². The number of rotatable bonds is 14. The van der Waals surface area contributed by atoms with Crippen molar-refractivity contribution in [1.29, 1.82) is 0 Å². The smallest absolute Gasteiger partial charge is 0.431 e. The first-order valence-electron chi connectivity index (χ1n) is 20.0. The van der Waals surface area contributed by atoms with Gasteiger partial charge in [0.15, 0.2) is 10.8 Å². The van der Waals surface area contributed by atoms with E-state index < -0.39 is 47.2 Å². The molecule has 2 aliphatic heterocycles. The summed E-state index contributed by atoms with van der Waals surface area (Å²) in [5, 5.41) is 8.46. The molecule has 4 heterocycles. The summed E-state index contributed by atoms with van der Waals surface area (Å²) in [5.41, 5.74) is 8.07. The van der Waals surface area contributed by atoms with E-state index in [0.717, 1.165) is 59.3 Å². The Labute approximate surface area is 365 Å². The van der Waals surface area contributed by atoms with E-state index in [-0.39, 0.29) is 34.1 Å². The Kier molecular flexibility index (Phi) is 12.8. The minimum absolute atomic E-state index is 0.0492. The number of carbonyl (C=O) groups is 4. The molecule has 16 heteroatoms. The molecule has 2 aromatic heterocycles. The number of hydrogen-bond acceptors (Lipinski definition) is 14. The van der Waals surface area contributed by atoms with Crippen molar-refractivity contribution in [2.45, 2.75) is 62.0 Å². The number of aromatic nitrogens is 2. The summed E-state index contributed by atoms with van der Waals surface area (Å²) in [7, 11) is 0. The molecule has 1 saturated carbocycles. The number of fused-ring (bicyclic) bond motifs is 1. The Morgan fingerprint density at radius 3 is 2.13 bits per heavy atom. The van der Waals surface area contributed by atoms with Crippen LogP contribution < -0.4 is 11.1 Å². The van der Waals surface area contributed by atoms with Gasteiger partial charge in [-0.3, -0.25) is 19.5 Å². The molecule has 3 aliphatic rings. The fourth-order valence-corrected chi connectivity index (χ4v) is 9.44. The van der Waals surface area contributed by atoms with Crippen LogP contribution in [0, 0.1) is 0 Å². The predicted octanol–water partition coefficient (Wildman–Crippen LogP) is 7.19. The molecule has 3 N–H and O–H groups in total. The van der Waals surface area contributed by atoms with Crippen LogP contribution in [0.4, 0.5) is 9.93 Å². The fraction of sp³-hybridized carbons (Fsp3) is 0.239. The number of thiazole rings is 1. The molecule has 0 spiro atoms. The minimum Gasteiger partial charge on any atom is -0.431 e. The molecule has 5 aromatic rings. The molecule has 0 radical (unpaired) electrons. The lowest BCUT2D eigenvalue weighted by molar-refractivity contribution is -0.169. The lowest BCUT2D eigenvalue weighted by Crippen LogP contribution is -2.71. The third-order valence-electron chi connectivity index (χ3n) is 10.5. The first-order chi connectivity index (χ1) is 30.2. The molecule has 2 amide bonds. The highest BCUT2D eigenvalue weighted by molar-refractivity contribution is 8.00. The van der Waals surface area contributed by atoms with Crippen LogP contribution in [0.2, 0.25) is 0 Å². The van der Waals surface area contributed by atoms with Crippen molar-refractivity contribution in [1.82, 2.24) is 20.2 Å². The van der Waals surface area contributed by atoms with Crippen LogP contribution in [0.15, 0.2) is 143 Å². The van der Waals surface area contributed by atoms with Gasteiger partial charge in [-0.05, 0) is 42.9 Å². The average molecular weight is 871 g/mol. The minimum atomic E-state index is -1.33. The van der Waals surface area contributed by atoms with Gasteiger partial charge >= 0.3 is 12.1 Å². The number of pyridine rings is 1. The van der Waals surface area contributed by atoms with Crippen LogP contribution >= 0.6 is 23.1 Å². The molecule has 2 fully saturated rings. The Hall–Kier alpha value is -6.78. The number of hydrogen-bond donors (Lipinski definition) is 2. The number of carbonyl (C=O) groups excluding carboxylic acids is 4. The molecule has 14 nitrogen and oxygen atoms in total. The molecule has 3 aromatic carbocycles. The van der Waals surface area contributed by atoms with E-state index in [1.807, 2.05) is 97.1 Å². The number of β-lactam (4-membered cyclic amide) rings is 1. The number of ether oxygens (including phenoxy) is 3. The molecular weight excluding hydrogens is 829 g/mol. The quantitative estimate of drug-likeness (QED) is 0.0287. The number of anilines is 1. The summed E-state index contributed by atoms with van der Waals surface area (Å²) in [6, 6.07) is 31.1. The van der Waals surface area contributed by atoms with Crippen molar-refractivity contribution in [3.8, 4) is 0 Å². The molecule has 8 rings (SSSR count). The Morgan fingerprint density at radius 1 is 0.903 bits per heavy atom. The summed E-state index contributed by atoms with van der Waals surface area (Å²) >= 11 is 2.46. The van der Waals surface area contributed by atoms with Gasteiger partial charge in [-0.1, -0.05) is 114 Å². The monoisotopic (exact) mass is 870 g/mol. The number of thioether (sulfide) groups is 1. The first kappa shape index (κ1) is 41.9. The highest BCUT2D eigenvalue weighted by atomic mass is 32.2. The molecule has 316 valence electrons. The average Bonchev–Trinajstić information content (AvgIpc) is 3.98. The lowest BCUT2D eigenvalue weighted by atomic mass is 9.80. The number of nitrogens with zero attached hydrogens (tertiary/aromatic N) is 4. The second kappa shape index (κ2) is 18.9. The van der Waals surface area contributed by atoms with Gasteiger partial charge in [-0.2, -0.15) is 0 Å². The van der Waals surface area contributed by atoms with Gasteiger partial charge in [-0.25, -0.2) is 14.6 Å². The second-order valence-corrected chi connectivity index (χ2v) is 16.6. The zero-order valence-electron chi connectivity index (χ0n) is 33.5. The number of allylic oxidation sites excluding steroid dienone is 1. The van der Waals surface area contributed by atoms with Gasteiger partial charge in [0.05, 0.1) is 0 Å². The maximum absolute atomic E-state index is 14.5. The van der Waals surface area contributed by atoms with Gasteiger partial charge in [0, 0.05) is 47.1 Å². The van der Waals surface area contributed by atoms with Gasteiger partial charge in [-0.15, -0.1) is 23.1 Å². The molecule has 1 unspecified atom stereocenters. The van der Waals surface area contributed by atoms with E-state index in [4.69, 9.17) is 24.8 Å². The summed E-state index contributed by atoms with van der Waals surface area (Å²) in [6.07, 6.45) is 7.65. The highest BCUT2D eigenvalue weighted by Crippen LogP contribution is 2.43. The number of oxime groups is 1. The fourth-order valence-electron chi connectivity index (χ4n) is 7.57. The van der Waals surface area contributed by atoms with Crippen molar-refractivity contribution in [3.05, 3.63) is 166 Å². The van der Waals surface area contributed by atoms with Crippen molar-refractivity contribution < 1.29 is 38.2 Å². The summed E-state index contributed by atoms with van der Waals surface area (Å²) in [4.78, 5) is 71.5. The highest BCUT2D eigenvalue weighted by Gasteiger charge is 2.55. The SMILES string of the molecule is CC(OC(=O)OC1CCCC1)OC(=O)C1=C(/C=C\c2cccnc2)CS[C@@H]2[C@H](NC(=O)C(=NOC(c3ccccc3)(c3ccccc3)c3ccccc3)c3csc(N)n3)C(=O)N12. The summed E-state index contributed by atoms with van der Waals surface area (Å²) < 4.78 is 16.2. The number of nitrogen functional groups attached to an aromatic ring is 1. The second-order valence-electron chi connectivity index (χ2n) is 14.6.